The van der Waals surface area contributed by atoms with Gasteiger partial charge >= 0.3 is 23.9 Å². The van der Waals surface area contributed by atoms with Crippen LogP contribution in [0.15, 0.2) is 39.3 Å². The van der Waals surface area contributed by atoms with Crippen molar-refractivity contribution in [2.45, 2.75) is 23.9 Å². The van der Waals surface area contributed by atoms with E-state index < -0.39 is 66.9 Å². The molecular formula is C17H7Br2F10NO. The molecule has 170 valence electrons. The molecule has 0 aliphatic heterocycles. The molecule has 1 atom stereocenters. The van der Waals surface area contributed by atoms with E-state index in [2.05, 4.69) is 31.9 Å². The maximum absolute atomic E-state index is 14.7. The number of hydrogen-bond acceptors (Lipinski definition) is 1. The molecule has 0 spiro atoms. The molecule has 0 aromatic heterocycles. The fraction of sp³-hybridized carbons (Fsp3) is 0.235. The van der Waals surface area contributed by atoms with Gasteiger partial charge < -0.3 is 5.73 Å². The van der Waals surface area contributed by atoms with E-state index in [4.69, 9.17) is 5.73 Å². The minimum atomic E-state index is -6.89. The highest BCUT2D eigenvalue weighted by Crippen LogP contribution is 2.59. The first-order valence-electron chi connectivity index (χ1n) is 7.66. The molecular weight excluding hydrogens is 584 g/mol. The Hall–Kier alpha value is -1.83. The Kier molecular flexibility index (Phi) is 6.52. The van der Waals surface area contributed by atoms with E-state index >= 15 is 0 Å². The van der Waals surface area contributed by atoms with Gasteiger partial charge in [0.2, 0.25) is 0 Å². The number of hydrogen-bond donors (Lipinski definition) is 1. The van der Waals surface area contributed by atoms with Gasteiger partial charge in [-0.2, -0.15) is 35.1 Å². The Balaban J connectivity index is 2.84. The lowest BCUT2D eigenvalue weighted by atomic mass is 9.86. The molecule has 2 rings (SSSR count). The van der Waals surface area contributed by atoms with Crippen molar-refractivity contribution in [2.75, 3.05) is 0 Å². The monoisotopic (exact) mass is 589 g/mol. The van der Waals surface area contributed by atoms with Gasteiger partial charge in [0.05, 0.1) is 5.56 Å². The highest BCUT2D eigenvalue weighted by Gasteiger charge is 2.81. The van der Waals surface area contributed by atoms with Crippen LogP contribution in [-0.4, -0.2) is 24.2 Å². The lowest BCUT2D eigenvalue weighted by molar-refractivity contribution is -0.389. The van der Waals surface area contributed by atoms with Gasteiger partial charge in [-0.3, -0.25) is 4.79 Å². The summed E-state index contributed by atoms with van der Waals surface area (Å²) in [6.45, 7) is 0. The largest absolute Gasteiger partial charge is 0.457 e. The molecule has 0 aliphatic carbocycles. The summed E-state index contributed by atoms with van der Waals surface area (Å²) in [5.41, 5.74) is -4.81. The van der Waals surface area contributed by atoms with Crippen molar-refractivity contribution in [1.29, 1.82) is 0 Å². The number of carbonyl (C=O) groups is 1. The molecule has 0 fully saturated rings. The first kappa shape index (κ1) is 25.4. The van der Waals surface area contributed by atoms with Crippen molar-refractivity contribution < 1.29 is 48.7 Å². The lowest BCUT2D eigenvalue weighted by Gasteiger charge is -2.36. The van der Waals surface area contributed by atoms with Gasteiger partial charge in [0, 0.05) is 25.6 Å². The van der Waals surface area contributed by atoms with Gasteiger partial charge in [0.15, 0.2) is 0 Å². The van der Waals surface area contributed by atoms with E-state index in [0.29, 0.717) is 0 Å². The minimum absolute atomic E-state index is 0.0175. The minimum Gasteiger partial charge on any atom is -0.366 e. The predicted octanol–water partition coefficient (Wildman–Crippen LogP) is 7.04. The zero-order valence-electron chi connectivity index (χ0n) is 14.4. The molecule has 0 radical (unpaired) electrons. The standard InChI is InChI=1S/C17H7Br2F10NO/c18-9-4-6(14(21,16(24,25)26)15(22,23)17(27,28)29)5-10(19)11(9)7-2-1-3-8(12(7)20)13(30)31/h1-5H,(H2,30,31). The van der Waals surface area contributed by atoms with E-state index in [9.17, 15) is 48.7 Å². The number of nitrogens with two attached hydrogens (primary N) is 1. The molecule has 1 unspecified atom stereocenters. The summed E-state index contributed by atoms with van der Waals surface area (Å²) in [7, 11) is 0. The Labute approximate surface area is 183 Å². The molecule has 0 aliphatic rings. The molecule has 2 N–H and O–H groups in total. The van der Waals surface area contributed by atoms with Gasteiger partial charge in [0.25, 0.3) is 5.91 Å². The Morgan fingerprint density at radius 2 is 1.32 bits per heavy atom. The molecule has 2 aromatic rings. The second-order valence-electron chi connectivity index (χ2n) is 6.07. The first-order chi connectivity index (χ1) is 13.9. The highest BCUT2D eigenvalue weighted by molar-refractivity contribution is 9.11. The van der Waals surface area contributed by atoms with Crippen molar-refractivity contribution in [1.82, 2.24) is 0 Å². The summed E-state index contributed by atoms with van der Waals surface area (Å²) in [4.78, 5) is 11.3. The fourth-order valence-electron chi connectivity index (χ4n) is 2.66. The summed E-state index contributed by atoms with van der Waals surface area (Å²) in [5.74, 6) is -9.34. The maximum atomic E-state index is 14.7. The van der Waals surface area contributed by atoms with Gasteiger partial charge in [-0.15, -0.1) is 0 Å². The van der Waals surface area contributed by atoms with E-state index in [0.717, 1.165) is 18.2 Å². The van der Waals surface area contributed by atoms with Crippen LogP contribution in [0.2, 0.25) is 0 Å². The van der Waals surface area contributed by atoms with Crippen molar-refractivity contribution in [3.8, 4) is 11.1 Å². The SMILES string of the molecule is NC(=O)c1cccc(-c2c(Br)cc(C(F)(C(F)(F)F)C(F)(F)C(F)(F)F)cc2Br)c1F. The zero-order chi connectivity index (χ0) is 24.2. The zero-order valence-corrected chi connectivity index (χ0v) is 17.6. The van der Waals surface area contributed by atoms with Crippen LogP contribution in [-0.2, 0) is 5.67 Å². The number of carbonyl (C=O) groups excluding carboxylic acids is 1. The Bertz CT molecular complexity index is 1010. The lowest BCUT2D eigenvalue weighted by Crippen LogP contribution is -2.59. The number of amides is 1. The molecule has 0 bridgehead atoms. The third kappa shape index (κ3) is 4.03. The third-order valence-corrected chi connectivity index (χ3v) is 5.40. The quantitative estimate of drug-likeness (QED) is 0.381. The molecule has 0 heterocycles. The summed E-state index contributed by atoms with van der Waals surface area (Å²) < 4.78 is 133. The van der Waals surface area contributed by atoms with Crippen LogP contribution in [0.1, 0.15) is 15.9 Å². The highest BCUT2D eigenvalue weighted by atomic mass is 79.9. The first-order valence-corrected chi connectivity index (χ1v) is 9.25. The average molecular weight is 591 g/mol. The molecule has 0 saturated carbocycles. The summed E-state index contributed by atoms with van der Waals surface area (Å²) in [6, 6.07) is 3.14. The van der Waals surface area contributed by atoms with Crippen molar-refractivity contribution in [3.05, 3.63) is 56.2 Å². The molecule has 0 saturated heterocycles. The number of rotatable bonds is 4. The number of halogens is 12. The van der Waals surface area contributed by atoms with Crippen molar-refractivity contribution in [2.24, 2.45) is 5.73 Å². The van der Waals surface area contributed by atoms with Crippen LogP contribution in [0.4, 0.5) is 43.9 Å². The van der Waals surface area contributed by atoms with Gasteiger partial charge in [-0.1, -0.05) is 44.0 Å². The van der Waals surface area contributed by atoms with E-state index in [-0.39, 0.29) is 12.1 Å². The molecule has 14 heteroatoms. The summed E-state index contributed by atoms with van der Waals surface area (Å²) in [5, 5.41) is 0. The fourth-order valence-corrected chi connectivity index (χ4v) is 4.28. The maximum Gasteiger partial charge on any atom is 0.457 e. The second kappa shape index (κ2) is 7.94. The van der Waals surface area contributed by atoms with Gasteiger partial charge in [-0.05, 0) is 18.2 Å². The van der Waals surface area contributed by atoms with Crippen LogP contribution in [0.3, 0.4) is 0 Å². The topological polar surface area (TPSA) is 43.1 Å². The van der Waals surface area contributed by atoms with Crippen LogP contribution < -0.4 is 5.73 Å². The van der Waals surface area contributed by atoms with Crippen LogP contribution in [0.5, 0.6) is 0 Å². The van der Waals surface area contributed by atoms with Gasteiger partial charge in [-0.25, -0.2) is 8.78 Å². The molecule has 2 nitrogen and oxygen atoms in total. The average Bonchev–Trinajstić information content (AvgIpc) is 2.59. The smallest absolute Gasteiger partial charge is 0.366 e. The predicted molar refractivity (Wildman–Crippen MR) is 95.6 cm³/mol. The van der Waals surface area contributed by atoms with Crippen LogP contribution in [0, 0.1) is 5.82 Å². The Morgan fingerprint density at radius 3 is 1.71 bits per heavy atom. The molecule has 31 heavy (non-hydrogen) atoms. The number of alkyl halides is 9. The van der Waals surface area contributed by atoms with Crippen LogP contribution in [0.25, 0.3) is 11.1 Å². The van der Waals surface area contributed by atoms with Crippen LogP contribution >= 0.6 is 31.9 Å². The molecule has 2 aromatic carbocycles. The Morgan fingerprint density at radius 1 is 0.839 bits per heavy atom. The van der Waals surface area contributed by atoms with E-state index in [1.165, 1.54) is 0 Å². The van der Waals surface area contributed by atoms with E-state index in [1.807, 2.05) is 0 Å². The number of benzene rings is 2. The third-order valence-electron chi connectivity index (χ3n) is 4.15. The number of primary amides is 1. The van der Waals surface area contributed by atoms with Gasteiger partial charge in [0.1, 0.15) is 5.82 Å². The van der Waals surface area contributed by atoms with Crippen molar-refractivity contribution in [3.63, 3.8) is 0 Å². The van der Waals surface area contributed by atoms with Crippen molar-refractivity contribution >= 4 is 37.8 Å². The summed E-state index contributed by atoms with van der Waals surface area (Å²) in [6.07, 6.45) is -13.6. The summed E-state index contributed by atoms with van der Waals surface area (Å²) >= 11 is 5.27. The molecule has 1 amide bonds. The normalized spacial score (nSPS) is 15.0. The van der Waals surface area contributed by atoms with E-state index in [1.54, 1.807) is 0 Å². The second-order valence-corrected chi connectivity index (χ2v) is 7.78.